The van der Waals surface area contributed by atoms with Crippen molar-refractivity contribution in [3.8, 4) is 11.8 Å². The van der Waals surface area contributed by atoms with Gasteiger partial charge >= 0.3 is 0 Å². The Hall–Kier alpha value is -2.80. The highest BCUT2D eigenvalue weighted by molar-refractivity contribution is 6.02. The number of nitrogens with zero attached hydrogens (tertiary/aromatic N) is 2. The van der Waals surface area contributed by atoms with E-state index in [1.165, 1.54) is 0 Å². The first-order chi connectivity index (χ1) is 11.4. The van der Waals surface area contributed by atoms with Crippen molar-refractivity contribution in [2.45, 2.75) is 39.0 Å². The molecular weight excluding hydrogens is 300 g/mol. The molecule has 2 aromatic carbocycles. The fraction of sp³-hybridized carbons (Fsp3) is 0.300. The molecule has 1 heterocycles. The first-order valence-corrected chi connectivity index (χ1v) is 7.96. The quantitative estimate of drug-likeness (QED) is 0.856. The summed E-state index contributed by atoms with van der Waals surface area (Å²) < 4.78 is 5.90. The summed E-state index contributed by atoms with van der Waals surface area (Å²) in [5, 5.41) is 9.58. The van der Waals surface area contributed by atoms with Crippen LogP contribution in [0.25, 0.3) is 0 Å². The molecule has 0 bridgehead atoms. The maximum Gasteiger partial charge on any atom is 0.259 e. The molecule has 0 N–H and O–H groups in total. The molecule has 0 fully saturated rings. The van der Waals surface area contributed by atoms with E-state index < -0.39 is 11.6 Å². The van der Waals surface area contributed by atoms with Gasteiger partial charge < -0.3 is 9.64 Å². The molecule has 0 aromatic heterocycles. The Balaban J connectivity index is 1.96. The van der Waals surface area contributed by atoms with Gasteiger partial charge in [0.15, 0.2) is 0 Å². The van der Waals surface area contributed by atoms with Crippen LogP contribution in [0.2, 0.25) is 0 Å². The minimum absolute atomic E-state index is 0.146. The van der Waals surface area contributed by atoms with Crippen LogP contribution in [0.1, 0.15) is 48.3 Å². The number of carbonyl (C=O) groups is 1. The summed E-state index contributed by atoms with van der Waals surface area (Å²) in [4.78, 5) is 14.6. The third-order valence-electron chi connectivity index (χ3n) is 4.13. The number of nitriles is 1. The van der Waals surface area contributed by atoms with Crippen LogP contribution in [0.15, 0.2) is 48.5 Å². The van der Waals surface area contributed by atoms with E-state index in [0.717, 1.165) is 11.1 Å². The van der Waals surface area contributed by atoms with Gasteiger partial charge in [-0.05, 0) is 32.4 Å². The lowest BCUT2D eigenvalue weighted by molar-refractivity contribution is 0.0565. The summed E-state index contributed by atoms with van der Waals surface area (Å²) in [6, 6.07) is 17.0. The maximum absolute atomic E-state index is 12.9. The van der Waals surface area contributed by atoms with Crippen molar-refractivity contribution in [2.75, 3.05) is 0 Å². The van der Waals surface area contributed by atoms with Crippen LogP contribution in [0, 0.1) is 11.3 Å². The average Bonchev–Trinajstić information content (AvgIpc) is 2.87. The Kier molecular flexibility index (Phi) is 4.02. The predicted octanol–water partition coefficient (Wildman–Crippen LogP) is 4.08. The lowest BCUT2D eigenvalue weighted by Gasteiger charge is -2.34. The fourth-order valence-corrected chi connectivity index (χ4v) is 3.06. The number of hydrogen-bond acceptors (Lipinski definition) is 3. The number of carbonyl (C=O) groups excluding carboxylic acids is 1. The Morgan fingerprint density at radius 2 is 1.83 bits per heavy atom. The highest BCUT2D eigenvalue weighted by Gasteiger charge is 2.44. The Morgan fingerprint density at radius 3 is 2.46 bits per heavy atom. The fourth-order valence-electron chi connectivity index (χ4n) is 3.06. The Morgan fingerprint density at radius 1 is 1.12 bits per heavy atom. The second-order valence-electron chi connectivity index (χ2n) is 6.87. The molecule has 3 rings (SSSR count). The number of rotatable bonds is 3. The third-order valence-corrected chi connectivity index (χ3v) is 4.13. The number of hydrogen-bond donors (Lipinski definition) is 0. The molecule has 4 nitrogen and oxygen atoms in total. The van der Waals surface area contributed by atoms with E-state index in [4.69, 9.17) is 4.74 Å². The van der Waals surface area contributed by atoms with Crippen molar-refractivity contribution in [3.63, 3.8) is 0 Å². The largest absolute Gasteiger partial charge is 0.488 e. The van der Waals surface area contributed by atoms with Crippen LogP contribution in [0.4, 0.5) is 0 Å². The second kappa shape index (κ2) is 6.01. The van der Waals surface area contributed by atoms with Crippen LogP contribution in [-0.4, -0.2) is 16.3 Å². The standard InChI is InChI=1S/C20H20N2O2/c1-20(2,3)22-16(12-21)15-10-7-11-17(18(15)19(22)23)24-13-14-8-5-4-6-9-14/h4-11,16H,13H2,1-3H3. The first-order valence-electron chi connectivity index (χ1n) is 7.96. The summed E-state index contributed by atoms with van der Waals surface area (Å²) in [6.45, 7) is 6.19. The van der Waals surface area contributed by atoms with Crippen molar-refractivity contribution in [1.82, 2.24) is 4.90 Å². The van der Waals surface area contributed by atoms with Gasteiger partial charge in [0.1, 0.15) is 18.4 Å². The van der Waals surface area contributed by atoms with Crippen LogP contribution in [0.5, 0.6) is 5.75 Å². The lowest BCUT2D eigenvalue weighted by Crippen LogP contribution is -2.43. The van der Waals surface area contributed by atoms with Gasteiger partial charge in [0.25, 0.3) is 5.91 Å². The normalized spacial score (nSPS) is 16.7. The van der Waals surface area contributed by atoms with E-state index in [-0.39, 0.29) is 5.91 Å². The van der Waals surface area contributed by atoms with Gasteiger partial charge in [-0.1, -0.05) is 42.5 Å². The van der Waals surface area contributed by atoms with Crippen molar-refractivity contribution in [2.24, 2.45) is 0 Å². The second-order valence-corrected chi connectivity index (χ2v) is 6.87. The van der Waals surface area contributed by atoms with Gasteiger partial charge in [-0.3, -0.25) is 4.79 Å². The van der Waals surface area contributed by atoms with E-state index in [1.807, 2.05) is 63.2 Å². The third kappa shape index (κ3) is 2.74. The minimum Gasteiger partial charge on any atom is -0.488 e. The van der Waals surface area contributed by atoms with Crippen molar-refractivity contribution >= 4 is 5.91 Å². The number of ether oxygens (including phenoxy) is 1. The molecule has 0 saturated heterocycles. The average molecular weight is 320 g/mol. The zero-order valence-electron chi connectivity index (χ0n) is 14.1. The molecule has 0 radical (unpaired) electrons. The molecule has 1 unspecified atom stereocenters. The van der Waals surface area contributed by atoms with E-state index in [0.29, 0.717) is 17.9 Å². The molecule has 1 amide bonds. The monoisotopic (exact) mass is 320 g/mol. The minimum atomic E-state index is -0.576. The number of benzene rings is 2. The SMILES string of the molecule is CC(C)(C)N1C(=O)c2c(OCc3ccccc3)cccc2C1C#N. The Labute approximate surface area is 142 Å². The highest BCUT2D eigenvalue weighted by atomic mass is 16.5. The molecule has 2 aromatic rings. The van der Waals surface area contributed by atoms with Crippen molar-refractivity contribution in [1.29, 1.82) is 5.26 Å². The molecule has 0 saturated carbocycles. The summed E-state index contributed by atoms with van der Waals surface area (Å²) in [7, 11) is 0. The van der Waals surface area contributed by atoms with Crippen LogP contribution in [0.3, 0.4) is 0 Å². The molecular formula is C20H20N2O2. The zero-order valence-corrected chi connectivity index (χ0v) is 14.1. The molecule has 4 heteroatoms. The van der Waals surface area contributed by atoms with Gasteiger partial charge in [-0.15, -0.1) is 0 Å². The summed E-state index contributed by atoms with van der Waals surface area (Å²) in [5.41, 5.74) is 1.83. The smallest absolute Gasteiger partial charge is 0.259 e. The van der Waals surface area contributed by atoms with Gasteiger partial charge in [-0.25, -0.2) is 0 Å². The van der Waals surface area contributed by atoms with Crippen LogP contribution >= 0.6 is 0 Å². The molecule has 0 aliphatic carbocycles. The molecule has 122 valence electrons. The number of amides is 1. The van der Waals surface area contributed by atoms with Crippen LogP contribution < -0.4 is 4.74 Å². The van der Waals surface area contributed by atoms with Gasteiger partial charge in [0.2, 0.25) is 0 Å². The molecule has 1 aliphatic heterocycles. The molecule has 1 atom stereocenters. The van der Waals surface area contributed by atoms with E-state index >= 15 is 0 Å². The Bertz CT molecular complexity index is 801. The summed E-state index contributed by atoms with van der Waals surface area (Å²) in [5.74, 6) is 0.390. The van der Waals surface area contributed by atoms with E-state index in [1.54, 1.807) is 11.0 Å². The molecule has 0 spiro atoms. The molecule has 1 aliphatic rings. The van der Waals surface area contributed by atoms with Crippen LogP contribution in [-0.2, 0) is 6.61 Å². The van der Waals surface area contributed by atoms with E-state index in [9.17, 15) is 10.1 Å². The summed E-state index contributed by atoms with van der Waals surface area (Å²) in [6.07, 6.45) is 0. The van der Waals surface area contributed by atoms with Gasteiger partial charge in [-0.2, -0.15) is 5.26 Å². The highest BCUT2D eigenvalue weighted by Crippen LogP contribution is 2.42. The number of fused-ring (bicyclic) bond motifs is 1. The van der Waals surface area contributed by atoms with E-state index in [2.05, 4.69) is 6.07 Å². The zero-order chi connectivity index (χ0) is 17.3. The first kappa shape index (κ1) is 16.1. The summed E-state index contributed by atoms with van der Waals surface area (Å²) >= 11 is 0. The van der Waals surface area contributed by atoms with Gasteiger partial charge in [0, 0.05) is 11.1 Å². The van der Waals surface area contributed by atoms with Gasteiger partial charge in [0.05, 0.1) is 11.6 Å². The van der Waals surface area contributed by atoms with Crippen molar-refractivity contribution in [3.05, 3.63) is 65.2 Å². The topological polar surface area (TPSA) is 53.3 Å². The molecule has 24 heavy (non-hydrogen) atoms. The maximum atomic E-state index is 12.9. The predicted molar refractivity (Wildman–Crippen MR) is 91.5 cm³/mol. The van der Waals surface area contributed by atoms with Crippen molar-refractivity contribution < 1.29 is 9.53 Å². The lowest BCUT2D eigenvalue weighted by atomic mass is 10.0.